The number of hydrogen-bond acceptors (Lipinski definition) is 3. The van der Waals surface area contributed by atoms with E-state index in [4.69, 9.17) is 4.74 Å². The van der Waals surface area contributed by atoms with Crippen molar-refractivity contribution in [3.63, 3.8) is 0 Å². The Morgan fingerprint density at radius 2 is 1.95 bits per heavy atom. The van der Waals surface area contributed by atoms with Crippen molar-refractivity contribution in [2.45, 2.75) is 19.4 Å². The zero-order valence-electron chi connectivity index (χ0n) is 11.2. The molecule has 1 aromatic rings. The van der Waals surface area contributed by atoms with Crippen LogP contribution < -0.4 is 0 Å². The monoisotopic (exact) mass is 267 g/mol. The molecule has 2 atom stereocenters. The van der Waals surface area contributed by atoms with Gasteiger partial charge in [-0.25, -0.2) is 0 Å². The molecule has 0 spiro atoms. The molecule has 1 fully saturated rings. The standard InChI is InChI=1S/C17H15O3/c1-11-6-8-12(9-7-11)16(19)14-10-15(18)20-17(14)13-4-2-3-5-13/h2-9,14,17H,10H2,1H3/t14-,17-/m0/s1. The van der Waals surface area contributed by atoms with E-state index in [2.05, 4.69) is 0 Å². The molecule has 1 radical (unpaired) electrons. The van der Waals surface area contributed by atoms with Crippen LogP contribution in [0.2, 0.25) is 0 Å². The van der Waals surface area contributed by atoms with Crippen LogP contribution in [0, 0.1) is 19.3 Å². The number of benzene rings is 1. The third kappa shape index (κ3) is 2.31. The summed E-state index contributed by atoms with van der Waals surface area (Å²) >= 11 is 0. The summed E-state index contributed by atoms with van der Waals surface area (Å²) < 4.78 is 5.32. The lowest BCUT2D eigenvalue weighted by atomic mass is 9.87. The van der Waals surface area contributed by atoms with Gasteiger partial charge < -0.3 is 4.74 Å². The Balaban J connectivity index is 1.85. The first-order valence-electron chi connectivity index (χ1n) is 6.67. The highest BCUT2D eigenvalue weighted by Gasteiger charge is 2.41. The summed E-state index contributed by atoms with van der Waals surface area (Å²) in [6.45, 7) is 1.98. The van der Waals surface area contributed by atoms with Gasteiger partial charge in [0.25, 0.3) is 0 Å². The predicted octanol–water partition coefficient (Wildman–Crippen LogP) is 2.81. The van der Waals surface area contributed by atoms with Crippen LogP contribution in [-0.4, -0.2) is 17.9 Å². The summed E-state index contributed by atoms with van der Waals surface area (Å²) in [5.74, 6) is -0.753. The number of carbonyl (C=O) groups excluding carboxylic acids is 2. The molecule has 0 bridgehead atoms. The van der Waals surface area contributed by atoms with Gasteiger partial charge in [0.1, 0.15) is 6.10 Å². The number of ketones is 1. The molecule has 20 heavy (non-hydrogen) atoms. The molecular weight excluding hydrogens is 252 g/mol. The Bertz CT molecular complexity index is 608. The lowest BCUT2D eigenvalue weighted by Gasteiger charge is -2.17. The maximum atomic E-state index is 12.6. The van der Waals surface area contributed by atoms with Gasteiger partial charge in [-0.15, -0.1) is 0 Å². The number of ether oxygens (including phenoxy) is 1. The van der Waals surface area contributed by atoms with E-state index in [-0.39, 0.29) is 18.2 Å². The summed E-state index contributed by atoms with van der Waals surface area (Å²) in [5.41, 5.74) is 2.63. The minimum absolute atomic E-state index is 0.0259. The van der Waals surface area contributed by atoms with Crippen LogP contribution in [0.25, 0.3) is 0 Å². The fraction of sp³-hybridized carbons (Fsp3) is 0.235. The number of hydrogen-bond donors (Lipinski definition) is 0. The molecule has 3 heteroatoms. The number of carbonyl (C=O) groups is 2. The molecule has 0 saturated carbocycles. The number of rotatable bonds is 3. The van der Waals surface area contributed by atoms with Crippen molar-refractivity contribution in [1.82, 2.24) is 0 Å². The Hall–Kier alpha value is -2.16. The second-order valence-electron chi connectivity index (χ2n) is 5.17. The third-order valence-corrected chi connectivity index (χ3v) is 3.70. The highest BCUT2D eigenvalue weighted by atomic mass is 16.6. The second-order valence-corrected chi connectivity index (χ2v) is 5.17. The molecule has 1 heterocycles. The first-order valence-corrected chi connectivity index (χ1v) is 6.67. The van der Waals surface area contributed by atoms with Crippen LogP contribution in [0.15, 0.2) is 48.1 Å². The first kappa shape index (κ1) is 12.9. The molecule has 1 aliphatic carbocycles. The van der Waals surface area contributed by atoms with E-state index in [1.54, 1.807) is 0 Å². The van der Waals surface area contributed by atoms with Crippen molar-refractivity contribution in [2.24, 2.45) is 5.92 Å². The van der Waals surface area contributed by atoms with Gasteiger partial charge >= 0.3 is 5.97 Å². The van der Waals surface area contributed by atoms with E-state index < -0.39 is 12.0 Å². The van der Waals surface area contributed by atoms with Crippen LogP contribution in [0.4, 0.5) is 0 Å². The molecule has 101 valence electrons. The van der Waals surface area contributed by atoms with Gasteiger partial charge in [0.2, 0.25) is 0 Å². The lowest BCUT2D eigenvalue weighted by molar-refractivity contribution is -0.140. The highest BCUT2D eigenvalue weighted by molar-refractivity contribution is 6.01. The molecule has 2 aliphatic rings. The smallest absolute Gasteiger partial charge is 0.307 e. The molecule has 1 aliphatic heterocycles. The molecule has 0 amide bonds. The second kappa shape index (κ2) is 5.08. The van der Waals surface area contributed by atoms with Crippen molar-refractivity contribution in [1.29, 1.82) is 0 Å². The van der Waals surface area contributed by atoms with Crippen molar-refractivity contribution >= 4 is 11.8 Å². The lowest BCUT2D eigenvalue weighted by Crippen LogP contribution is -2.26. The van der Waals surface area contributed by atoms with Crippen molar-refractivity contribution < 1.29 is 14.3 Å². The van der Waals surface area contributed by atoms with E-state index in [1.165, 1.54) is 0 Å². The Morgan fingerprint density at radius 3 is 2.60 bits per heavy atom. The van der Waals surface area contributed by atoms with Crippen molar-refractivity contribution in [3.05, 3.63) is 65.6 Å². The fourth-order valence-corrected chi connectivity index (χ4v) is 2.60. The van der Waals surface area contributed by atoms with E-state index in [0.717, 1.165) is 11.1 Å². The molecule has 1 saturated heterocycles. The van der Waals surface area contributed by atoms with Crippen LogP contribution >= 0.6 is 0 Å². The maximum absolute atomic E-state index is 12.6. The average molecular weight is 267 g/mol. The Morgan fingerprint density at radius 1 is 1.20 bits per heavy atom. The summed E-state index contributed by atoms with van der Waals surface area (Å²) in [6, 6.07) is 7.43. The van der Waals surface area contributed by atoms with Gasteiger partial charge in [-0.1, -0.05) is 48.1 Å². The van der Waals surface area contributed by atoms with E-state index in [1.807, 2.05) is 55.8 Å². The van der Waals surface area contributed by atoms with Gasteiger partial charge in [0, 0.05) is 12.0 Å². The molecule has 0 aromatic heterocycles. The summed E-state index contributed by atoms with van der Waals surface area (Å²) in [6.07, 6.45) is 7.25. The summed E-state index contributed by atoms with van der Waals surface area (Å²) in [5, 5.41) is 0. The highest BCUT2D eigenvalue weighted by Crippen LogP contribution is 2.33. The van der Waals surface area contributed by atoms with Gasteiger partial charge in [-0.3, -0.25) is 9.59 Å². The minimum Gasteiger partial charge on any atom is -0.457 e. The van der Waals surface area contributed by atoms with Crippen LogP contribution in [0.1, 0.15) is 22.3 Å². The molecule has 3 rings (SSSR count). The number of aryl methyl sites for hydroxylation is 1. The van der Waals surface area contributed by atoms with E-state index in [0.29, 0.717) is 5.56 Å². The van der Waals surface area contributed by atoms with Crippen molar-refractivity contribution in [2.75, 3.05) is 0 Å². The van der Waals surface area contributed by atoms with Crippen molar-refractivity contribution in [3.8, 4) is 0 Å². The van der Waals surface area contributed by atoms with Crippen LogP contribution in [-0.2, 0) is 9.53 Å². The number of allylic oxidation sites excluding steroid dienone is 3. The number of Topliss-reactive ketones (excluding diaryl/α,β-unsaturated/α-hetero) is 1. The van der Waals surface area contributed by atoms with E-state index >= 15 is 0 Å². The van der Waals surface area contributed by atoms with Gasteiger partial charge in [-0.2, -0.15) is 0 Å². The quantitative estimate of drug-likeness (QED) is 0.624. The Labute approximate surface area is 117 Å². The normalized spacial score (nSPS) is 24.6. The zero-order chi connectivity index (χ0) is 14.1. The molecule has 3 nitrogen and oxygen atoms in total. The molecular formula is C17H15O3. The van der Waals surface area contributed by atoms with Gasteiger partial charge in [0.15, 0.2) is 5.78 Å². The number of esters is 1. The fourth-order valence-electron chi connectivity index (χ4n) is 2.60. The van der Waals surface area contributed by atoms with Crippen LogP contribution in [0.3, 0.4) is 0 Å². The van der Waals surface area contributed by atoms with Crippen LogP contribution in [0.5, 0.6) is 0 Å². The third-order valence-electron chi connectivity index (χ3n) is 3.70. The predicted molar refractivity (Wildman–Crippen MR) is 75.0 cm³/mol. The van der Waals surface area contributed by atoms with Gasteiger partial charge in [-0.05, 0) is 12.5 Å². The Kier molecular flexibility index (Phi) is 3.26. The molecule has 0 N–H and O–H groups in total. The first-order chi connectivity index (χ1) is 9.65. The largest absolute Gasteiger partial charge is 0.457 e. The minimum atomic E-state index is -0.452. The number of cyclic esters (lactones) is 1. The summed E-state index contributed by atoms with van der Waals surface area (Å²) in [7, 11) is 0. The molecule has 1 aromatic carbocycles. The topological polar surface area (TPSA) is 43.4 Å². The zero-order valence-corrected chi connectivity index (χ0v) is 11.2. The van der Waals surface area contributed by atoms with E-state index in [9.17, 15) is 9.59 Å². The SMILES string of the molecule is Cc1ccc(C(=O)[C@@H]2CC(=O)O[C@H]2C2=CC=C[CH]2)cc1. The van der Waals surface area contributed by atoms with Gasteiger partial charge in [0.05, 0.1) is 12.3 Å². The average Bonchev–Trinajstić information content (AvgIpc) is 3.07. The maximum Gasteiger partial charge on any atom is 0.307 e. The summed E-state index contributed by atoms with van der Waals surface area (Å²) in [4.78, 5) is 24.2. The molecule has 0 unspecified atom stereocenters.